The number of nitrogens with zero attached hydrogens (tertiary/aromatic N) is 2. The van der Waals surface area contributed by atoms with E-state index in [9.17, 15) is 4.79 Å². The van der Waals surface area contributed by atoms with Crippen molar-refractivity contribution in [3.63, 3.8) is 0 Å². The second-order valence-corrected chi connectivity index (χ2v) is 6.68. The zero-order chi connectivity index (χ0) is 19.5. The molecule has 0 radical (unpaired) electrons. The molecule has 6 nitrogen and oxygen atoms in total. The molecule has 0 unspecified atom stereocenters. The van der Waals surface area contributed by atoms with E-state index in [1.807, 2.05) is 6.07 Å². The fourth-order valence-electron chi connectivity index (χ4n) is 2.56. The van der Waals surface area contributed by atoms with Crippen LogP contribution < -0.4 is 10.1 Å². The van der Waals surface area contributed by atoms with Crippen LogP contribution in [0.2, 0.25) is 10.0 Å². The Hall–Kier alpha value is -3.09. The summed E-state index contributed by atoms with van der Waals surface area (Å²) in [6.07, 6.45) is 1.65. The predicted molar refractivity (Wildman–Crippen MR) is 108 cm³/mol. The summed E-state index contributed by atoms with van der Waals surface area (Å²) < 4.78 is 11.1. The number of pyridine rings is 1. The number of amides is 1. The average molecular weight is 414 g/mol. The van der Waals surface area contributed by atoms with Gasteiger partial charge in [-0.25, -0.2) is 4.98 Å². The van der Waals surface area contributed by atoms with Gasteiger partial charge in [-0.15, -0.1) is 0 Å². The number of nitrogens with one attached hydrogen (secondary N) is 1. The third-order valence-corrected chi connectivity index (χ3v) is 4.34. The fourth-order valence-corrected chi connectivity index (χ4v) is 3.02. The first kappa shape index (κ1) is 18.3. The van der Waals surface area contributed by atoms with Crippen molar-refractivity contribution in [1.82, 2.24) is 9.97 Å². The number of carbonyl (C=O) groups excluding carboxylic acids is 1. The molecule has 1 N–H and O–H groups in total. The molecule has 0 aliphatic rings. The van der Waals surface area contributed by atoms with Crippen LogP contribution in [-0.4, -0.2) is 22.5 Å². The maximum atomic E-state index is 12.2. The van der Waals surface area contributed by atoms with Crippen molar-refractivity contribution in [1.29, 1.82) is 0 Å². The van der Waals surface area contributed by atoms with Gasteiger partial charge in [0.15, 0.2) is 17.8 Å². The Morgan fingerprint density at radius 3 is 2.82 bits per heavy atom. The number of hydrogen-bond donors (Lipinski definition) is 1. The van der Waals surface area contributed by atoms with Gasteiger partial charge in [-0.2, -0.15) is 4.98 Å². The fraction of sp³-hybridized carbons (Fsp3) is 0.0500. The number of oxazole rings is 1. The van der Waals surface area contributed by atoms with Crippen molar-refractivity contribution in [2.24, 2.45) is 0 Å². The minimum atomic E-state index is -0.331. The Morgan fingerprint density at radius 2 is 2.00 bits per heavy atom. The summed E-state index contributed by atoms with van der Waals surface area (Å²) in [5.41, 5.74) is 2.43. The first-order chi connectivity index (χ1) is 13.6. The lowest BCUT2D eigenvalue weighted by atomic mass is 10.2. The Labute approximate surface area is 170 Å². The molecule has 2 heterocycles. The van der Waals surface area contributed by atoms with Gasteiger partial charge in [-0.05, 0) is 48.5 Å². The number of halogens is 2. The number of ether oxygens (including phenoxy) is 1. The molecule has 2 aromatic carbocycles. The van der Waals surface area contributed by atoms with Gasteiger partial charge in [-0.3, -0.25) is 4.79 Å². The number of benzene rings is 2. The van der Waals surface area contributed by atoms with Gasteiger partial charge in [0.05, 0.1) is 5.02 Å². The highest BCUT2D eigenvalue weighted by Crippen LogP contribution is 2.28. The molecule has 0 spiro atoms. The second-order valence-electron chi connectivity index (χ2n) is 5.84. The smallest absolute Gasteiger partial charge is 0.262 e. The molecule has 4 aromatic rings. The summed E-state index contributed by atoms with van der Waals surface area (Å²) in [6, 6.07) is 15.5. The van der Waals surface area contributed by atoms with E-state index in [0.717, 1.165) is 5.56 Å². The molecule has 0 fully saturated rings. The highest BCUT2D eigenvalue weighted by Gasteiger charge is 2.11. The van der Waals surface area contributed by atoms with Crippen LogP contribution in [0, 0.1) is 0 Å². The molecule has 140 valence electrons. The zero-order valence-corrected chi connectivity index (χ0v) is 15.9. The molecule has 0 saturated heterocycles. The minimum Gasteiger partial charge on any atom is -0.482 e. The van der Waals surface area contributed by atoms with Crippen LogP contribution in [0.5, 0.6) is 5.75 Å². The van der Waals surface area contributed by atoms with Gasteiger partial charge in [0.1, 0.15) is 5.75 Å². The van der Waals surface area contributed by atoms with E-state index < -0.39 is 0 Å². The van der Waals surface area contributed by atoms with E-state index in [2.05, 4.69) is 15.3 Å². The SMILES string of the molecule is O=C(COc1ccc(Cl)cc1Cl)Nc1cccc(-c2nc3ncccc3o2)c1. The van der Waals surface area contributed by atoms with Gasteiger partial charge in [0.25, 0.3) is 5.91 Å². The number of hydrogen-bond acceptors (Lipinski definition) is 5. The van der Waals surface area contributed by atoms with Crippen LogP contribution in [0.25, 0.3) is 22.7 Å². The molecular weight excluding hydrogens is 401 g/mol. The van der Waals surface area contributed by atoms with Crippen LogP contribution in [-0.2, 0) is 4.79 Å². The van der Waals surface area contributed by atoms with Crippen LogP contribution in [0.1, 0.15) is 0 Å². The van der Waals surface area contributed by atoms with Gasteiger partial charge in [0.2, 0.25) is 5.89 Å². The summed E-state index contributed by atoms with van der Waals surface area (Å²) >= 11 is 11.9. The highest BCUT2D eigenvalue weighted by atomic mass is 35.5. The van der Waals surface area contributed by atoms with Crippen LogP contribution in [0.3, 0.4) is 0 Å². The maximum absolute atomic E-state index is 12.2. The van der Waals surface area contributed by atoms with Crippen molar-refractivity contribution < 1.29 is 13.9 Å². The van der Waals surface area contributed by atoms with E-state index in [-0.39, 0.29) is 12.5 Å². The molecule has 28 heavy (non-hydrogen) atoms. The molecule has 1 amide bonds. The third-order valence-electron chi connectivity index (χ3n) is 3.81. The van der Waals surface area contributed by atoms with Gasteiger partial charge in [0, 0.05) is 22.5 Å². The second kappa shape index (κ2) is 7.88. The quantitative estimate of drug-likeness (QED) is 0.485. The van der Waals surface area contributed by atoms with E-state index in [1.54, 1.807) is 54.7 Å². The van der Waals surface area contributed by atoms with Gasteiger partial charge in [-0.1, -0.05) is 29.3 Å². The van der Waals surface area contributed by atoms with Crippen LogP contribution in [0.15, 0.2) is 65.2 Å². The topological polar surface area (TPSA) is 77.2 Å². The van der Waals surface area contributed by atoms with E-state index >= 15 is 0 Å². The van der Waals surface area contributed by atoms with E-state index in [4.69, 9.17) is 32.4 Å². The van der Waals surface area contributed by atoms with Gasteiger partial charge >= 0.3 is 0 Å². The lowest BCUT2D eigenvalue weighted by molar-refractivity contribution is -0.118. The van der Waals surface area contributed by atoms with Crippen molar-refractivity contribution in [2.45, 2.75) is 0 Å². The van der Waals surface area contributed by atoms with Crippen molar-refractivity contribution >= 4 is 46.0 Å². The normalized spacial score (nSPS) is 10.8. The summed E-state index contributed by atoms with van der Waals surface area (Å²) in [4.78, 5) is 20.7. The molecule has 0 aliphatic heterocycles. The number of aromatic nitrogens is 2. The lowest BCUT2D eigenvalue weighted by Gasteiger charge is -2.09. The summed E-state index contributed by atoms with van der Waals surface area (Å²) in [6.45, 7) is -0.196. The number of anilines is 1. The summed E-state index contributed by atoms with van der Waals surface area (Å²) in [7, 11) is 0. The first-order valence-electron chi connectivity index (χ1n) is 8.28. The van der Waals surface area contributed by atoms with Gasteiger partial charge < -0.3 is 14.5 Å². The third kappa shape index (κ3) is 4.08. The van der Waals surface area contributed by atoms with E-state index in [0.29, 0.717) is 38.6 Å². The summed E-state index contributed by atoms with van der Waals surface area (Å²) in [5.74, 6) is 0.477. The Morgan fingerprint density at radius 1 is 1.11 bits per heavy atom. The molecule has 2 aromatic heterocycles. The average Bonchev–Trinajstić information content (AvgIpc) is 3.12. The Balaban J connectivity index is 1.44. The molecule has 0 bridgehead atoms. The van der Waals surface area contributed by atoms with Crippen molar-refractivity contribution in [3.05, 3.63) is 70.8 Å². The molecule has 0 saturated carbocycles. The minimum absolute atomic E-state index is 0.196. The molecule has 8 heteroatoms. The molecule has 0 atom stereocenters. The number of carbonyl (C=O) groups is 1. The van der Waals surface area contributed by atoms with Crippen LogP contribution >= 0.6 is 23.2 Å². The number of rotatable bonds is 5. The Kier molecular flexibility index (Phi) is 5.14. The maximum Gasteiger partial charge on any atom is 0.262 e. The summed E-state index contributed by atoms with van der Waals surface area (Å²) in [5, 5.41) is 3.60. The largest absolute Gasteiger partial charge is 0.482 e. The molecule has 0 aliphatic carbocycles. The monoisotopic (exact) mass is 413 g/mol. The standard InChI is InChI=1S/C20H13Cl2N3O3/c21-13-6-7-16(15(22)10-13)27-11-18(26)24-14-4-1-3-12(9-14)20-25-19-17(28-20)5-2-8-23-19/h1-10H,11H2,(H,24,26). The van der Waals surface area contributed by atoms with Crippen LogP contribution in [0.4, 0.5) is 5.69 Å². The Bertz CT molecular complexity index is 1130. The lowest BCUT2D eigenvalue weighted by Crippen LogP contribution is -2.20. The predicted octanol–water partition coefficient (Wildman–Crippen LogP) is 5.21. The first-order valence-corrected chi connectivity index (χ1v) is 9.04. The highest BCUT2D eigenvalue weighted by molar-refractivity contribution is 6.35. The molecular formula is C20H13Cl2N3O3. The van der Waals surface area contributed by atoms with E-state index in [1.165, 1.54) is 0 Å². The zero-order valence-electron chi connectivity index (χ0n) is 14.4. The molecule has 4 rings (SSSR count). The van der Waals surface area contributed by atoms with Crippen molar-refractivity contribution in [2.75, 3.05) is 11.9 Å². The van der Waals surface area contributed by atoms with Crippen molar-refractivity contribution in [3.8, 4) is 17.2 Å². The number of fused-ring (bicyclic) bond motifs is 1.